The van der Waals surface area contributed by atoms with Gasteiger partial charge in [-0.05, 0) is 54.4 Å². The fourth-order valence-corrected chi connectivity index (χ4v) is 3.78. The van der Waals surface area contributed by atoms with E-state index in [9.17, 15) is 4.79 Å². The molecule has 0 aliphatic carbocycles. The molecule has 8 heteroatoms. The second kappa shape index (κ2) is 5.90. The van der Waals surface area contributed by atoms with Gasteiger partial charge in [0.15, 0.2) is 0 Å². The Morgan fingerprint density at radius 3 is 2.96 bits per heavy atom. The molecular weight excluding hydrogens is 316 g/mol. The molecule has 2 fully saturated rings. The molecule has 2 atom stereocenters. The number of carbonyl (C=O) groups is 1. The summed E-state index contributed by atoms with van der Waals surface area (Å²) < 4.78 is 1.50. The standard InChI is InChI=1S/C15H17ClN6O/c16-10-1-4-14(21-9-18-19-20-21)13(7-10)15(23)22-11-2-3-12(22)8-17-6-5-11/h1,4,7,9,11-12,17H,2-3,5-6,8H2. The van der Waals surface area contributed by atoms with Gasteiger partial charge in [-0.3, -0.25) is 4.79 Å². The number of benzene rings is 1. The van der Waals surface area contributed by atoms with Gasteiger partial charge >= 0.3 is 0 Å². The summed E-state index contributed by atoms with van der Waals surface area (Å²) in [6.45, 7) is 1.81. The molecule has 0 saturated carbocycles. The first-order valence-electron chi connectivity index (χ1n) is 7.80. The van der Waals surface area contributed by atoms with Crippen molar-refractivity contribution in [3.8, 4) is 5.69 Å². The van der Waals surface area contributed by atoms with E-state index in [0.29, 0.717) is 22.3 Å². The highest BCUT2D eigenvalue weighted by molar-refractivity contribution is 6.31. The number of hydrogen-bond donors (Lipinski definition) is 1. The Bertz CT molecular complexity index is 705. The summed E-state index contributed by atoms with van der Waals surface area (Å²) in [4.78, 5) is 15.3. The minimum Gasteiger partial charge on any atom is -0.331 e. The van der Waals surface area contributed by atoms with Crippen molar-refractivity contribution >= 4 is 17.5 Å². The highest BCUT2D eigenvalue weighted by Crippen LogP contribution is 2.31. The molecule has 1 aromatic heterocycles. The second-order valence-corrected chi connectivity index (χ2v) is 6.44. The summed E-state index contributed by atoms with van der Waals surface area (Å²) in [5.74, 6) is 0.00852. The van der Waals surface area contributed by atoms with Crippen molar-refractivity contribution in [1.29, 1.82) is 0 Å². The summed E-state index contributed by atoms with van der Waals surface area (Å²) in [7, 11) is 0. The van der Waals surface area contributed by atoms with Gasteiger partial charge in [0.05, 0.1) is 11.3 Å². The Balaban J connectivity index is 1.75. The molecule has 2 aromatic rings. The van der Waals surface area contributed by atoms with Crippen LogP contribution < -0.4 is 5.32 Å². The van der Waals surface area contributed by atoms with Crippen LogP contribution in [-0.2, 0) is 0 Å². The highest BCUT2D eigenvalue weighted by Gasteiger charge is 2.39. The van der Waals surface area contributed by atoms with Crippen molar-refractivity contribution in [1.82, 2.24) is 30.4 Å². The van der Waals surface area contributed by atoms with Crippen LogP contribution in [0.2, 0.25) is 5.02 Å². The van der Waals surface area contributed by atoms with Crippen molar-refractivity contribution in [2.45, 2.75) is 31.3 Å². The lowest BCUT2D eigenvalue weighted by molar-refractivity contribution is 0.0680. The molecule has 1 N–H and O–H groups in total. The zero-order valence-corrected chi connectivity index (χ0v) is 13.3. The SMILES string of the molecule is O=C(c1cc(Cl)ccc1-n1cnnn1)N1C2CCNCC1CC2. The third-order valence-corrected chi connectivity index (χ3v) is 4.91. The van der Waals surface area contributed by atoms with E-state index in [4.69, 9.17) is 11.6 Å². The largest absolute Gasteiger partial charge is 0.331 e. The summed E-state index contributed by atoms with van der Waals surface area (Å²) in [6.07, 6.45) is 4.59. The Hall–Kier alpha value is -1.99. The molecule has 3 heterocycles. The Morgan fingerprint density at radius 2 is 2.13 bits per heavy atom. The van der Waals surface area contributed by atoms with Crippen molar-refractivity contribution in [2.24, 2.45) is 0 Å². The van der Waals surface area contributed by atoms with Crippen LogP contribution in [0.3, 0.4) is 0 Å². The fourth-order valence-electron chi connectivity index (χ4n) is 3.60. The minimum absolute atomic E-state index is 0.00852. The summed E-state index contributed by atoms with van der Waals surface area (Å²) in [6, 6.07) is 5.77. The molecule has 2 unspecified atom stereocenters. The molecular formula is C15H17ClN6O. The number of carbonyl (C=O) groups excluding carboxylic acids is 1. The lowest BCUT2D eigenvalue weighted by Gasteiger charge is -2.28. The molecule has 0 radical (unpaired) electrons. The van der Waals surface area contributed by atoms with E-state index in [1.165, 1.54) is 11.0 Å². The maximum absolute atomic E-state index is 13.2. The maximum Gasteiger partial charge on any atom is 0.256 e. The fraction of sp³-hybridized carbons (Fsp3) is 0.467. The van der Waals surface area contributed by atoms with Gasteiger partial charge in [-0.1, -0.05) is 11.6 Å². The third-order valence-electron chi connectivity index (χ3n) is 4.67. The molecule has 120 valence electrons. The smallest absolute Gasteiger partial charge is 0.256 e. The molecule has 7 nitrogen and oxygen atoms in total. The Kier molecular flexibility index (Phi) is 3.74. The molecule has 2 bridgehead atoms. The van der Waals surface area contributed by atoms with Crippen molar-refractivity contribution < 1.29 is 4.79 Å². The van der Waals surface area contributed by atoms with Crippen LogP contribution in [0.25, 0.3) is 5.69 Å². The topological polar surface area (TPSA) is 75.9 Å². The van der Waals surface area contributed by atoms with Gasteiger partial charge in [-0.25, -0.2) is 0 Å². The highest BCUT2D eigenvalue weighted by atomic mass is 35.5. The van der Waals surface area contributed by atoms with Crippen molar-refractivity contribution in [2.75, 3.05) is 13.1 Å². The van der Waals surface area contributed by atoms with Gasteiger partial charge in [0.1, 0.15) is 6.33 Å². The summed E-state index contributed by atoms with van der Waals surface area (Å²) in [5.41, 5.74) is 1.20. The zero-order valence-electron chi connectivity index (χ0n) is 12.5. The van der Waals surface area contributed by atoms with E-state index in [-0.39, 0.29) is 11.9 Å². The lowest BCUT2D eigenvalue weighted by atomic mass is 10.1. The summed E-state index contributed by atoms with van der Waals surface area (Å²) >= 11 is 6.14. The Morgan fingerprint density at radius 1 is 1.26 bits per heavy atom. The van der Waals surface area contributed by atoms with Gasteiger partial charge < -0.3 is 10.2 Å². The van der Waals surface area contributed by atoms with Crippen LogP contribution in [0.15, 0.2) is 24.5 Å². The van der Waals surface area contributed by atoms with Crippen LogP contribution in [0.4, 0.5) is 0 Å². The molecule has 2 aliphatic rings. The normalized spacial score (nSPS) is 23.8. The molecule has 2 saturated heterocycles. The third kappa shape index (κ3) is 2.60. The number of hydrogen-bond acceptors (Lipinski definition) is 5. The van der Waals surface area contributed by atoms with E-state index in [1.807, 2.05) is 4.90 Å². The predicted octanol–water partition coefficient (Wildman–Crippen LogP) is 1.28. The van der Waals surface area contributed by atoms with Gasteiger partial charge in [0, 0.05) is 23.7 Å². The first-order valence-corrected chi connectivity index (χ1v) is 8.18. The van der Waals surface area contributed by atoms with E-state index in [0.717, 1.165) is 32.4 Å². The second-order valence-electron chi connectivity index (χ2n) is 6.01. The van der Waals surface area contributed by atoms with Crippen molar-refractivity contribution in [3.05, 3.63) is 35.1 Å². The van der Waals surface area contributed by atoms with Crippen LogP contribution in [0.5, 0.6) is 0 Å². The maximum atomic E-state index is 13.2. The number of aromatic nitrogens is 4. The van der Waals surface area contributed by atoms with Crippen LogP contribution >= 0.6 is 11.6 Å². The van der Waals surface area contributed by atoms with E-state index in [1.54, 1.807) is 18.2 Å². The van der Waals surface area contributed by atoms with Gasteiger partial charge in [-0.2, -0.15) is 4.68 Å². The molecule has 2 aliphatic heterocycles. The molecule has 0 spiro atoms. The number of halogens is 1. The van der Waals surface area contributed by atoms with Gasteiger partial charge in [0.2, 0.25) is 0 Å². The first-order chi connectivity index (χ1) is 11.2. The minimum atomic E-state index is 0.00852. The zero-order chi connectivity index (χ0) is 15.8. The molecule has 1 amide bonds. The van der Waals surface area contributed by atoms with Crippen LogP contribution in [0, 0.1) is 0 Å². The quantitative estimate of drug-likeness (QED) is 0.896. The number of nitrogens with zero attached hydrogens (tertiary/aromatic N) is 5. The number of amides is 1. The summed E-state index contributed by atoms with van der Waals surface area (Å²) in [5, 5.41) is 15.2. The Labute approximate surface area is 138 Å². The monoisotopic (exact) mass is 332 g/mol. The average molecular weight is 333 g/mol. The number of tetrazole rings is 1. The number of fused-ring (bicyclic) bond motifs is 2. The lowest BCUT2D eigenvalue weighted by Crippen LogP contribution is -2.42. The number of rotatable bonds is 2. The van der Waals surface area contributed by atoms with Gasteiger partial charge in [0.25, 0.3) is 5.91 Å². The molecule has 4 rings (SSSR count). The van der Waals surface area contributed by atoms with E-state index >= 15 is 0 Å². The predicted molar refractivity (Wildman–Crippen MR) is 84.6 cm³/mol. The van der Waals surface area contributed by atoms with Crippen LogP contribution in [-0.4, -0.2) is 56.2 Å². The van der Waals surface area contributed by atoms with E-state index in [2.05, 4.69) is 20.8 Å². The first kappa shape index (κ1) is 14.6. The van der Waals surface area contributed by atoms with E-state index < -0.39 is 0 Å². The van der Waals surface area contributed by atoms with Gasteiger partial charge in [-0.15, -0.1) is 5.10 Å². The number of nitrogens with one attached hydrogen (secondary N) is 1. The molecule has 1 aromatic carbocycles. The molecule has 23 heavy (non-hydrogen) atoms. The average Bonchev–Trinajstić information content (AvgIpc) is 3.14. The van der Waals surface area contributed by atoms with Crippen molar-refractivity contribution in [3.63, 3.8) is 0 Å². The van der Waals surface area contributed by atoms with Crippen LogP contribution in [0.1, 0.15) is 29.6 Å².